The fraction of sp³-hybridized carbons (Fsp3) is 0.333. The van der Waals surface area contributed by atoms with Crippen LogP contribution in [0.25, 0.3) is 0 Å². The van der Waals surface area contributed by atoms with Crippen LogP contribution in [-0.2, 0) is 4.79 Å². The number of methoxy groups -OCH3 is 1. The van der Waals surface area contributed by atoms with Gasteiger partial charge in [0.15, 0.2) is 0 Å². The number of rotatable bonds is 6. The number of hydrogen-bond donors (Lipinski definition) is 1. The molecule has 0 radical (unpaired) electrons. The first-order valence-electron chi connectivity index (χ1n) is 9.07. The van der Waals surface area contributed by atoms with E-state index in [9.17, 15) is 4.79 Å². The van der Waals surface area contributed by atoms with Crippen molar-refractivity contribution in [2.24, 2.45) is 0 Å². The molecule has 1 amide bonds. The second-order valence-electron chi connectivity index (χ2n) is 6.43. The molecule has 0 spiro atoms. The predicted octanol–water partition coefficient (Wildman–Crippen LogP) is 4.01. The SMILES string of the molecule is COc1ccc([C@@H](NC(=O)CSC(=S)N2CCCC2)c2ccccc2)cc1. The number of ether oxygens (including phenoxy) is 1. The van der Waals surface area contributed by atoms with Crippen molar-refractivity contribution in [2.45, 2.75) is 18.9 Å². The fourth-order valence-corrected chi connectivity index (χ4v) is 4.18. The zero-order valence-electron chi connectivity index (χ0n) is 15.4. The topological polar surface area (TPSA) is 41.6 Å². The molecule has 0 saturated carbocycles. The second-order valence-corrected chi connectivity index (χ2v) is 8.04. The van der Waals surface area contributed by atoms with Crippen LogP contribution < -0.4 is 10.1 Å². The molecule has 2 aromatic carbocycles. The number of carbonyl (C=O) groups is 1. The van der Waals surface area contributed by atoms with Crippen LogP contribution in [0.5, 0.6) is 5.75 Å². The number of thiocarbonyl (C=S) groups is 1. The molecule has 6 heteroatoms. The van der Waals surface area contributed by atoms with Gasteiger partial charge in [0.25, 0.3) is 0 Å². The standard InChI is InChI=1S/C21H24N2O2S2/c1-25-18-11-9-17(10-12-18)20(16-7-3-2-4-8-16)22-19(24)15-27-21(26)23-13-5-6-14-23/h2-4,7-12,20H,5-6,13-15H2,1H3,(H,22,24)/t20-/m0/s1. The van der Waals surface area contributed by atoms with E-state index in [-0.39, 0.29) is 11.9 Å². The van der Waals surface area contributed by atoms with Crippen molar-refractivity contribution in [1.82, 2.24) is 10.2 Å². The number of benzene rings is 2. The molecule has 0 unspecified atom stereocenters. The van der Waals surface area contributed by atoms with E-state index in [0.29, 0.717) is 5.75 Å². The molecule has 3 rings (SSSR count). The summed E-state index contributed by atoms with van der Waals surface area (Å²) >= 11 is 6.90. The number of carbonyl (C=O) groups excluding carboxylic acids is 1. The first-order chi connectivity index (χ1) is 13.2. The zero-order valence-corrected chi connectivity index (χ0v) is 17.0. The zero-order chi connectivity index (χ0) is 19.1. The van der Waals surface area contributed by atoms with Crippen molar-refractivity contribution < 1.29 is 9.53 Å². The summed E-state index contributed by atoms with van der Waals surface area (Å²) in [4.78, 5) is 14.8. The lowest BCUT2D eigenvalue weighted by Crippen LogP contribution is -2.32. The van der Waals surface area contributed by atoms with Gasteiger partial charge in [0, 0.05) is 13.1 Å². The average molecular weight is 401 g/mol. The number of nitrogens with zero attached hydrogens (tertiary/aromatic N) is 1. The molecule has 27 heavy (non-hydrogen) atoms. The summed E-state index contributed by atoms with van der Waals surface area (Å²) in [5, 5.41) is 3.15. The third-order valence-corrected chi connectivity index (χ3v) is 6.10. The van der Waals surface area contributed by atoms with Gasteiger partial charge in [-0.05, 0) is 36.1 Å². The number of hydrogen-bond acceptors (Lipinski definition) is 4. The summed E-state index contributed by atoms with van der Waals surface area (Å²) in [7, 11) is 1.64. The lowest BCUT2D eigenvalue weighted by molar-refractivity contribution is -0.119. The molecule has 1 saturated heterocycles. The van der Waals surface area contributed by atoms with Crippen LogP contribution in [0.4, 0.5) is 0 Å². The molecule has 4 nitrogen and oxygen atoms in total. The van der Waals surface area contributed by atoms with E-state index in [4.69, 9.17) is 17.0 Å². The van der Waals surface area contributed by atoms with E-state index < -0.39 is 0 Å². The van der Waals surface area contributed by atoms with Gasteiger partial charge in [-0.1, -0.05) is 66.4 Å². The maximum Gasteiger partial charge on any atom is 0.231 e. The molecule has 1 aliphatic rings. The molecule has 0 bridgehead atoms. The highest BCUT2D eigenvalue weighted by atomic mass is 32.2. The number of likely N-dealkylation sites (tertiary alicyclic amines) is 1. The van der Waals surface area contributed by atoms with Crippen LogP contribution in [0.3, 0.4) is 0 Å². The molecule has 1 aliphatic heterocycles. The van der Waals surface area contributed by atoms with Gasteiger partial charge >= 0.3 is 0 Å². The Kier molecular flexibility index (Phi) is 7.12. The number of nitrogens with one attached hydrogen (secondary N) is 1. The molecule has 0 aliphatic carbocycles. The van der Waals surface area contributed by atoms with Crippen LogP contribution in [0.1, 0.15) is 30.0 Å². The van der Waals surface area contributed by atoms with Gasteiger partial charge in [-0.15, -0.1) is 0 Å². The minimum atomic E-state index is -0.203. The molecule has 142 valence electrons. The normalized spacial score (nSPS) is 14.6. The van der Waals surface area contributed by atoms with Crippen LogP contribution in [0.15, 0.2) is 54.6 Å². The van der Waals surface area contributed by atoms with Crippen LogP contribution >= 0.6 is 24.0 Å². The van der Waals surface area contributed by atoms with Crippen LogP contribution in [-0.4, -0.2) is 41.1 Å². The van der Waals surface area contributed by atoms with E-state index in [1.54, 1.807) is 7.11 Å². The van der Waals surface area contributed by atoms with Crippen molar-refractivity contribution in [3.05, 3.63) is 65.7 Å². The maximum atomic E-state index is 12.6. The lowest BCUT2D eigenvalue weighted by atomic mass is 9.98. The molecule has 1 fully saturated rings. The van der Waals surface area contributed by atoms with Crippen molar-refractivity contribution in [3.63, 3.8) is 0 Å². The molecule has 1 N–H and O–H groups in total. The first-order valence-corrected chi connectivity index (χ1v) is 10.5. The Bertz CT molecular complexity index is 760. The van der Waals surface area contributed by atoms with E-state index in [0.717, 1.165) is 34.3 Å². The van der Waals surface area contributed by atoms with E-state index >= 15 is 0 Å². The summed E-state index contributed by atoms with van der Waals surface area (Å²) in [5.41, 5.74) is 2.06. The third kappa shape index (κ3) is 5.47. The molecular weight excluding hydrogens is 376 g/mol. The Morgan fingerprint density at radius 2 is 1.74 bits per heavy atom. The highest BCUT2D eigenvalue weighted by molar-refractivity contribution is 8.23. The summed E-state index contributed by atoms with van der Waals surface area (Å²) in [6, 6.07) is 17.6. The van der Waals surface area contributed by atoms with Crippen molar-refractivity contribution in [3.8, 4) is 5.75 Å². The second kappa shape index (κ2) is 9.76. The van der Waals surface area contributed by atoms with Gasteiger partial charge in [0.1, 0.15) is 10.1 Å². The van der Waals surface area contributed by atoms with Crippen LogP contribution in [0, 0.1) is 0 Å². The smallest absolute Gasteiger partial charge is 0.231 e. The molecule has 1 heterocycles. The van der Waals surface area contributed by atoms with Gasteiger partial charge in [0.2, 0.25) is 5.91 Å². The van der Waals surface area contributed by atoms with E-state index in [2.05, 4.69) is 10.2 Å². The minimum Gasteiger partial charge on any atom is -0.497 e. The maximum absolute atomic E-state index is 12.6. The summed E-state index contributed by atoms with van der Waals surface area (Å²) < 4.78 is 6.06. The number of amides is 1. The minimum absolute atomic E-state index is 0.0220. The molecule has 1 atom stereocenters. The summed E-state index contributed by atoms with van der Waals surface area (Å²) in [6.07, 6.45) is 2.36. The quantitative estimate of drug-likeness (QED) is 0.742. The lowest BCUT2D eigenvalue weighted by Gasteiger charge is -2.21. The Hall–Kier alpha value is -2.05. The van der Waals surface area contributed by atoms with Crippen LogP contribution in [0.2, 0.25) is 0 Å². The number of thioether (sulfide) groups is 1. The predicted molar refractivity (Wildman–Crippen MR) is 115 cm³/mol. The summed E-state index contributed by atoms with van der Waals surface area (Å²) in [5.74, 6) is 1.10. The molecule has 2 aromatic rings. The fourth-order valence-electron chi connectivity index (χ4n) is 3.12. The molecule has 0 aromatic heterocycles. The molecular formula is C21H24N2O2S2. The Morgan fingerprint density at radius 1 is 1.11 bits per heavy atom. The first kappa shape index (κ1) is 19.7. The Balaban J connectivity index is 1.67. The van der Waals surface area contributed by atoms with E-state index in [1.807, 2.05) is 54.6 Å². The van der Waals surface area contributed by atoms with E-state index in [1.165, 1.54) is 24.6 Å². The highest BCUT2D eigenvalue weighted by Crippen LogP contribution is 2.24. The van der Waals surface area contributed by atoms with Gasteiger partial charge in [-0.3, -0.25) is 4.79 Å². The monoisotopic (exact) mass is 400 g/mol. The van der Waals surface area contributed by atoms with Crippen molar-refractivity contribution in [1.29, 1.82) is 0 Å². The van der Waals surface area contributed by atoms with Crippen molar-refractivity contribution >= 4 is 34.2 Å². The van der Waals surface area contributed by atoms with Gasteiger partial charge in [0.05, 0.1) is 18.9 Å². The Morgan fingerprint density at radius 3 is 2.37 bits per heavy atom. The van der Waals surface area contributed by atoms with Gasteiger partial charge in [-0.25, -0.2) is 0 Å². The largest absolute Gasteiger partial charge is 0.497 e. The van der Waals surface area contributed by atoms with Gasteiger partial charge < -0.3 is 15.0 Å². The average Bonchev–Trinajstić information content (AvgIpc) is 3.26. The van der Waals surface area contributed by atoms with Crippen molar-refractivity contribution in [2.75, 3.05) is 26.0 Å². The summed E-state index contributed by atoms with van der Waals surface area (Å²) in [6.45, 7) is 2.01. The third-order valence-electron chi connectivity index (χ3n) is 4.58. The highest BCUT2D eigenvalue weighted by Gasteiger charge is 2.19. The Labute approximate surface area is 170 Å². The van der Waals surface area contributed by atoms with Gasteiger partial charge in [-0.2, -0.15) is 0 Å².